The van der Waals surface area contributed by atoms with E-state index in [0.717, 1.165) is 5.57 Å². The molecule has 2 fully saturated rings. The summed E-state index contributed by atoms with van der Waals surface area (Å²) < 4.78 is 26.5. The molecule has 1 heterocycles. The molecule has 8 nitrogen and oxygen atoms in total. The van der Waals surface area contributed by atoms with Crippen molar-refractivity contribution in [3.8, 4) is 0 Å². The van der Waals surface area contributed by atoms with Crippen LogP contribution in [0.1, 0.15) is 46.5 Å². The Morgan fingerprint density at radius 3 is 2.55 bits per heavy atom. The molecule has 1 aliphatic heterocycles. The van der Waals surface area contributed by atoms with Gasteiger partial charge in [-0.2, -0.15) is 0 Å². The van der Waals surface area contributed by atoms with Gasteiger partial charge in [0.25, 0.3) is 0 Å². The number of hydrogen-bond acceptors (Lipinski definition) is 8. The summed E-state index contributed by atoms with van der Waals surface area (Å²) in [5.41, 5.74) is 0.298. The zero-order valence-corrected chi connectivity index (χ0v) is 25.0. The minimum absolute atomic E-state index is 0. The van der Waals surface area contributed by atoms with Crippen molar-refractivity contribution >= 4 is 19.8 Å². The molecule has 5 atom stereocenters. The molecule has 33 heavy (non-hydrogen) atoms. The van der Waals surface area contributed by atoms with E-state index in [1.165, 1.54) is 6.92 Å². The molecular formula is C22H29Na2O8P. The first kappa shape index (κ1) is 31.3. The van der Waals surface area contributed by atoms with Crippen molar-refractivity contribution in [2.45, 2.75) is 52.6 Å². The molecule has 0 aromatic carbocycles. The van der Waals surface area contributed by atoms with Gasteiger partial charge in [0.15, 0.2) is 0 Å². The molecule has 3 aliphatic rings. The molecule has 2 aliphatic carbocycles. The van der Waals surface area contributed by atoms with E-state index in [0.29, 0.717) is 31.3 Å². The summed E-state index contributed by atoms with van der Waals surface area (Å²) in [5, 5.41) is 0. The second-order valence-electron chi connectivity index (χ2n) is 9.21. The zero-order chi connectivity index (χ0) is 23.0. The van der Waals surface area contributed by atoms with Gasteiger partial charge >= 0.3 is 71.1 Å². The number of allylic oxidation sites excluding steroid dienone is 2. The Bertz CT molecular complexity index is 882. The number of ether oxygens (including phenoxy) is 2. The Labute approximate surface area is 239 Å². The molecule has 3 rings (SSSR count). The maximum Gasteiger partial charge on any atom is 1.00 e. The number of carbonyl (C=O) groups is 2. The third-order valence-electron chi connectivity index (χ3n) is 7.24. The van der Waals surface area contributed by atoms with Crippen LogP contribution in [0.15, 0.2) is 36.0 Å². The Kier molecular flexibility index (Phi) is 11.4. The molecule has 0 radical (unpaired) electrons. The molecule has 172 valence electrons. The summed E-state index contributed by atoms with van der Waals surface area (Å²) in [6.07, 6.45) is 7.46. The number of hydrogen-bond donors (Lipinski definition) is 0. The van der Waals surface area contributed by atoms with Crippen LogP contribution < -0.4 is 68.9 Å². The van der Waals surface area contributed by atoms with Crippen LogP contribution in [0.5, 0.6) is 0 Å². The van der Waals surface area contributed by atoms with E-state index >= 15 is 0 Å². The molecule has 0 N–H and O–H groups in total. The van der Waals surface area contributed by atoms with Crippen LogP contribution in [0, 0.1) is 22.7 Å². The summed E-state index contributed by atoms with van der Waals surface area (Å²) in [5.74, 6) is -1.01. The van der Waals surface area contributed by atoms with Crippen molar-refractivity contribution in [1.29, 1.82) is 0 Å². The third-order valence-corrected chi connectivity index (χ3v) is 7.69. The number of phosphoric ester groups is 1. The minimum atomic E-state index is -5.20. The van der Waals surface area contributed by atoms with Gasteiger partial charge in [-0.25, -0.2) is 4.79 Å². The number of phosphoric acid groups is 1. The Balaban J connectivity index is 0.00000272. The largest absolute Gasteiger partial charge is 1.00 e. The maximum atomic E-state index is 11.8. The van der Waals surface area contributed by atoms with Crippen molar-refractivity contribution in [2.24, 2.45) is 22.7 Å². The van der Waals surface area contributed by atoms with E-state index in [9.17, 15) is 23.9 Å². The van der Waals surface area contributed by atoms with E-state index in [1.54, 1.807) is 12.2 Å². The Morgan fingerprint density at radius 1 is 1.33 bits per heavy atom. The van der Waals surface area contributed by atoms with Crippen molar-refractivity contribution in [3.05, 3.63) is 36.0 Å². The van der Waals surface area contributed by atoms with Gasteiger partial charge in [-0.05, 0) is 43.1 Å². The molecule has 0 saturated heterocycles. The van der Waals surface area contributed by atoms with Crippen molar-refractivity contribution in [3.63, 3.8) is 0 Å². The second-order valence-corrected chi connectivity index (χ2v) is 10.4. The summed E-state index contributed by atoms with van der Waals surface area (Å²) in [6.45, 7) is 9.39. The van der Waals surface area contributed by atoms with Crippen LogP contribution in [-0.4, -0.2) is 31.3 Å². The summed E-state index contributed by atoms with van der Waals surface area (Å²) in [4.78, 5) is 46.0. The van der Waals surface area contributed by atoms with Crippen molar-refractivity contribution < 1.29 is 97.1 Å². The van der Waals surface area contributed by atoms with E-state index in [-0.39, 0.29) is 95.5 Å². The SMILES string of the molecule is C=C1CCC2[C@@](C)(CC[C@H](OC(C)=O)[C@]2(C)COP(=O)([O-])[O-])C1/C=C/C1=CCOC1=O.[Na+].[Na+]. The van der Waals surface area contributed by atoms with Crippen LogP contribution in [0.3, 0.4) is 0 Å². The monoisotopic (exact) mass is 498 g/mol. The molecular weight excluding hydrogens is 469 g/mol. The summed E-state index contributed by atoms with van der Waals surface area (Å²) in [6, 6.07) is 0. The quantitative estimate of drug-likeness (QED) is 0.158. The fourth-order valence-electron chi connectivity index (χ4n) is 5.78. The van der Waals surface area contributed by atoms with Crippen LogP contribution >= 0.6 is 7.82 Å². The molecule has 0 aromatic heterocycles. The van der Waals surface area contributed by atoms with Gasteiger partial charge in [0.2, 0.25) is 0 Å². The van der Waals surface area contributed by atoms with Crippen molar-refractivity contribution in [2.75, 3.05) is 13.2 Å². The predicted octanol–water partition coefficient (Wildman–Crippen LogP) is -3.80. The summed E-state index contributed by atoms with van der Waals surface area (Å²) >= 11 is 0. The second kappa shape index (κ2) is 12.0. The fourth-order valence-corrected chi connectivity index (χ4v) is 6.21. The van der Waals surface area contributed by atoms with Crippen LogP contribution in [0.2, 0.25) is 0 Å². The van der Waals surface area contributed by atoms with Gasteiger partial charge in [0.05, 0.1) is 20.0 Å². The topological polar surface area (TPSA) is 125 Å². The average Bonchev–Trinajstić information content (AvgIpc) is 3.06. The number of cyclic esters (lactones) is 1. The minimum Gasteiger partial charge on any atom is -0.790 e. The van der Waals surface area contributed by atoms with Gasteiger partial charge < -0.3 is 28.3 Å². The van der Waals surface area contributed by atoms with Gasteiger partial charge in [0.1, 0.15) is 12.7 Å². The molecule has 2 unspecified atom stereocenters. The first-order chi connectivity index (χ1) is 14.4. The molecule has 0 bridgehead atoms. The maximum absolute atomic E-state index is 11.8. The molecule has 0 aromatic rings. The van der Waals surface area contributed by atoms with Gasteiger partial charge in [-0.1, -0.05) is 38.2 Å². The number of fused-ring (bicyclic) bond motifs is 1. The van der Waals surface area contributed by atoms with Gasteiger partial charge in [0, 0.05) is 18.3 Å². The van der Waals surface area contributed by atoms with Crippen LogP contribution in [0.25, 0.3) is 0 Å². The number of esters is 2. The Hall–Kier alpha value is 0.270. The molecule has 2 saturated carbocycles. The Morgan fingerprint density at radius 2 is 2.00 bits per heavy atom. The predicted molar refractivity (Wildman–Crippen MR) is 108 cm³/mol. The fraction of sp³-hybridized carbons (Fsp3) is 0.636. The first-order valence-electron chi connectivity index (χ1n) is 10.4. The first-order valence-corrected chi connectivity index (χ1v) is 11.9. The van der Waals surface area contributed by atoms with Crippen LogP contribution in [0.4, 0.5) is 0 Å². The van der Waals surface area contributed by atoms with E-state index in [4.69, 9.17) is 14.0 Å². The molecule has 11 heteroatoms. The van der Waals surface area contributed by atoms with Crippen LogP contribution in [-0.2, 0) is 28.2 Å². The van der Waals surface area contributed by atoms with E-state index in [1.807, 2.05) is 13.0 Å². The third kappa shape index (κ3) is 6.94. The smallest absolute Gasteiger partial charge is 0.790 e. The van der Waals surface area contributed by atoms with E-state index in [2.05, 4.69) is 13.5 Å². The van der Waals surface area contributed by atoms with Gasteiger partial charge in [-0.3, -0.25) is 4.79 Å². The average molecular weight is 498 g/mol. The van der Waals surface area contributed by atoms with Gasteiger partial charge in [-0.15, -0.1) is 0 Å². The number of rotatable bonds is 6. The zero-order valence-electron chi connectivity index (χ0n) is 20.1. The molecule has 0 amide bonds. The normalized spacial score (nSPS) is 34.0. The van der Waals surface area contributed by atoms with E-state index < -0.39 is 25.3 Å². The standard InChI is InChI=1S/C22H31O8P.2Na/c1-14-5-8-18-21(3,17(14)7-6-16-10-12-28-20(16)24)11-9-19(30-15(2)23)22(18,4)13-29-31(25,26)27;;/h6-7,10,17-19H,1,5,8-9,11-13H2,2-4H3,(H2,25,26,27);;/q;2*+1/p-2/b7-6+;;/t17?,18?,19-,21-,22+;;/m0../s1. The molecule has 0 spiro atoms. The van der Waals surface area contributed by atoms with Crippen molar-refractivity contribution in [1.82, 2.24) is 0 Å². The summed E-state index contributed by atoms with van der Waals surface area (Å²) in [7, 11) is -5.20. The number of carbonyl (C=O) groups excluding carboxylic acids is 2.